The second-order valence-electron chi connectivity index (χ2n) is 15.0. The van der Waals surface area contributed by atoms with Crippen LogP contribution in [0.4, 0.5) is 34.1 Å². The first-order chi connectivity index (χ1) is 29.7. The molecule has 0 radical (unpaired) electrons. The van der Waals surface area contributed by atoms with Gasteiger partial charge in [-0.05, 0) is 123 Å². The van der Waals surface area contributed by atoms with E-state index >= 15 is 0 Å². The van der Waals surface area contributed by atoms with Crippen molar-refractivity contribution in [3.8, 4) is 44.5 Å². The minimum atomic E-state index is 1.09. The minimum absolute atomic E-state index is 1.09. The van der Waals surface area contributed by atoms with Gasteiger partial charge in [-0.3, -0.25) is 0 Å². The Morgan fingerprint density at radius 3 is 1.02 bits per heavy atom. The third kappa shape index (κ3) is 7.46. The number of nitrogens with zero attached hydrogens (tertiary/aromatic N) is 2. The van der Waals surface area contributed by atoms with Gasteiger partial charge in [0.1, 0.15) is 0 Å². The Hall–Kier alpha value is -7.94. The standard InChI is InChI=1S/C58H42N2/c1-4-14-43(15-5-1)45-26-34-53(35-27-45)59(55-38-32-48(33-39-55)51-21-12-20-50(42-51)44-16-6-2-7-17-44)54-36-28-46(29-37-54)47-30-40-56(41-31-47)60(52-22-8-3-9-23-52)58-25-13-19-49-18-10-11-24-57(49)58/h1-42H. The van der Waals surface area contributed by atoms with E-state index < -0.39 is 0 Å². The molecule has 2 heteroatoms. The molecule has 0 bridgehead atoms. The Balaban J connectivity index is 0.974. The van der Waals surface area contributed by atoms with Crippen molar-refractivity contribution in [2.75, 3.05) is 9.80 Å². The monoisotopic (exact) mass is 766 g/mol. The Bertz CT molecular complexity index is 2970. The Kier molecular flexibility index (Phi) is 10.0. The highest BCUT2D eigenvalue weighted by Crippen LogP contribution is 2.41. The molecular formula is C58H42N2. The van der Waals surface area contributed by atoms with Crippen LogP contribution in [0, 0.1) is 0 Å². The molecule has 0 atom stereocenters. The van der Waals surface area contributed by atoms with Crippen LogP contribution in [-0.2, 0) is 0 Å². The summed E-state index contributed by atoms with van der Waals surface area (Å²) in [4.78, 5) is 4.69. The summed E-state index contributed by atoms with van der Waals surface area (Å²) in [5, 5.41) is 2.44. The zero-order chi connectivity index (χ0) is 40.1. The van der Waals surface area contributed by atoms with E-state index in [4.69, 9.17) is 0 Å². The summed E-state index contributed by atoms with van der Waals surface area (Å²) in [5.74, 6) is 0. The maximum atomic E-state index is 2.35. The van der Waals surface area contributed by atoms with Crippen LogP contribution in [0.25, 0.3) is 55.3 Å². The Labute approximate surface area is 352 Å². The summed E-state index contributed by atoms with van der Waals surface area (Å²) in [6, 6.07) is 91.3. The highest BCUT2D eigenvalue weighted by molar-refractivity contribution is 5.99. The van der Waals surface area contributed by atoms with Gasteiger partial charge in [-0.1, -0.05) is 182 Å². The van der Waals surface area contributed by atoms with Gasteiger partial charge in [0.15, 0.2) is 0 Å². The quantitative estimate of drug-likeness (QED) is 0.137. The lowest BCUT2D eigenvalue weighted by Crippen LogP contribution is -2.10. The molecule has 0 aliphatic rings. The third-order valence-corrected chi connectivity index (χ3v) is 11.3. The lowest BCUT2D eigenvalue weighted by atomic mass is 9.98. The van der Waals surface area contributed by atoms with Gasteiger partial charge in [-0.25, -0.2) is 0 Å². The van der Waals surface area contributed by atoms with E-state index in [1.165, 1.54) is 44.2 Å². The van der Waals surface area contributed by atoms with E-state index in [2.05, 4.69) is 265 Å². The molecule has 0 aliphatic heterocycles. The molecule has 0 aliphatic carbocycles. The molecule has 10 rings (SSSR count). The molecule has 284 valence electrons. The average molecular weight is 767 g/mol. The lowest BCUT2D eigenvalue weighted by Gasteiger charge is -2.27. The van der Waals surface area contributed by atoms with E-state index in [0.29, 0.717) is 0 Å². The summed E-state index contributed by atoms with van der Waals surface area (Å²) in [7, 11) is 0. The van der Waals surface area contributed by atoms with Gasteiger partial charge < -0.3 is 9.80 Å². The number of rotatable bonds is 10. The summed E-state index contributed by atoms with van der Waals surface area (Å²) < 4.78 is 0. The number of anilines is 6. The largest absolute Gasteiger partial charge is 0.311 e. The van der Waals surface area contributed by atoms with Crippen LogP contribution in [0.2, 0.25) is 0 Å². The van der Waals surface area contributed by atoms with Gasteiger partial charge in [0.25, 0.3) is 0 Å². The smallest absolute Gasteiger partial charge is 0.0540 e. The molecule has 0 unspecified atom stereocenters. The zero-order valence-corrected chi connectivity index (χ0v) is 33.1. The number of hydrogen-bond acceptors (Lipinski definition) is 2. The lowest BCUT2D eigenvalue weighted by molar-refractivity contribution is 1.28. The maximum absolute atomic E-state index is 2.35. The Morgan fingerprint density at radius 1 is 0.200 bits per heavy atom. The molecule has 0 amide bonds. The number of fused-ring (bicyclic) bond motifs is 1. The summed E-state index contributed by atoms with van der Waals surface area (Å²) in [6.45, 7) is 0. The van der Waals surface area contributed by atoms with Gasteiger partial charge in [0.2, 0.25) is 0 Å². The molecular weight excluding hydrogens is 725 g/mol. The summed E-state index contributed by atoms with van der Waals surface area (Å²) in [6.07, 6.45) is 0. The van der Waals surface area contributed by atoms with E-state index in [9.17, 15) is 0 Å². The number of hydrogen-bond donors (Lipinski definition) is 0. The average Bonchev–Trinajstić information content (AvgIpc) is 3.34. The van der Waals surface area contributed by atoms with Crippen LogP contribution < -0.4 is 9.80 Å². The topological polar surface area (TPSA) is 6.48 Å². The van der Waals surface area contributed by atoms with Gasteiger partial charge in [0.05, 0.1) is 5.69 Å². The summed E-state index contributed by atoms with van der Waals surface area (Å²) >= 11 is 0. The van der Waals surface area contributed by atoms with Crippen LogP contribution in [-0.4, -0.2) is 0 Å². The fourth-order valence-corrected chi connectivity index (χ4v) is 8.21. The highest BCUT2D eigenvalue weighted by atomic mass is 15.1. The molecule has 10 aromatic carbocycles. The third-order valence-electron chi connectivity index (χ3n) is 11.3. The van der Waals surface area contributed by atoms with E-state index in [-0.39, 0.29) is 0 Å². The van der Waals surface area contributed by atoms with Crippen molar-refractivity contribution in [1.82, 2.24) is 0 Å². The molecule has 0 fully saturated rings. The van der Waals surface area contributed by atoms with Gasteiger partial charge in [-0.15, -0.1) is 0 Å². The minimum Gasteiger partial charge on any atom is -0.311 e. The predicted octanol–water partition coefficient (Wildman–Crippen LogP) is 16.4. The second kappa shape index (κ2) is 16.5. The van der Waals surface area contributed by atoms with Crippen molar-refractivity contribution in [3.05, 3.63) is 255 Å². The first-order valence-electron chi connectivity index (χ1n) is 20.5. The molecule has 60 heavy (non-hydrogen) atoms. The maximum Gasteiger partial charge on any atom is 0.0540 e. The fraction of sp³-hybridized carbons (Fsp3) is 0. The van der Waals surface area contributed by atoms with Crippen molar-refractivity contribution in [1.29, 1.82) is 0 Å². The van der Waals surface area contributed by atoms with E-state index in [1.54, 1.807) is 0 Å². The van der Waals surface area contributed by atoms with Crippen LogP contribution in [0.15, 0.2) is 255 Å². The van der Waals surface area contributed by atoms with Gasteiger partial charge in [-0.2, -0.15) is 0 Å². The first kappa shape index (κ1) is 36.4. The molecule has 0 saturated heterocycles. The van der Waals surface area contributed by atoms with Crippen molar-refractivity contribution in [2.24, 2.45) is 0 Å². The fourth-order valence-electron chi connectivity index (χ4n) is 8.21. The predicted molar refractivity (Wildman–Crippen MR) is 255 cm³/mol. The van der Waals surface area contributed by atoms with Crippen LogP contribution in [0.5, 0.6) is 0 Å². The SMILES string of the molecule is c1ccc(-c2ccc(N(c3ccc(-c4ccc(N(c5ccccc5)c5cccc6ccccc56)cc4)cc3)c3ccc(-c4cccc(-c5ccccc5)c4)cc3)cc2)cc1. The number of para-hydroxylation sites is 1. The number of benzene rings is 10. The van der Waals surface area contributed by atoms with E-state index in [0.717, 1.165) is 45.3 Å². The van der Waals surface area contributed by atoms with Crippen molar-refractivity contribution in [2.45, 2.75) is 0 Å². The van der Waals surface area contributed by atoms with Crippen LogP contribution in [0.3, 0.4) is 0 Å². The molecule has 0 N–H and O–H groups in total. The normalized spacial score (nSPS) is 11.0. The van der Waals surface area contributed by atoms with Crippen LogP contribution >= 0.6 is 0 Å². The van der Waals surface area contributed by atoms with Gasteiger partial charge in [0, 0.05) is 33.8 Å². The van der Waals surface area contributed by atoms with E-state index in [1.807, 2.05) is 0 Å². The first-order valence-corrected chi connectivity index (χ1v) is 20.5. The molecule has 0 saturated carbocycles. The molecule has 2 nitrogen and oxygen atoms in total. The second-order valence-corrected chi connectivity index (χ2v) is 15.0. The molecule has 0 aromatic heterocycles. The molecule has 0 heterocycles. The summed E-state index contributed by atoms with van der Waals surface area (Å²) in [5.41, 5.74) is 16.2. The van der Waals surface area contributed by atoms with Crippen LogP contribution in [0.1, 0.15) is 0 Å². The van der Waals surface area contributed by atoms with Crippen molar-refractivity contribution in [3.63, 3.8) is 0 Å². The molecule has 10 aromatic rings. The van der Waals surface area contributed by atoms with Gasteiger partial charge >= 0.3 is 0 Å². The van der Waals surface area contributed by atoms with Crippen molar-refractivity contribution >= 4 is 44.9 Å². The Morgan fingerprint density at radius 2 is 0.517 bits per heavy atom. The zero-order valence-electron chi connectivity index (χ0n) is 33.1. The molecule has 0 spiro atoms. The highest BCUT2D eigenvalue weighted by Gasteiger charge is 2.17. The van der Waals surface area contributed by atoms with Crippen molar-refractivity contribution < 1.29 is 0 Å².